The van der Waals surface area contributed by atoms with Gasteiger partial charge >= 0.3 is 11.9 Å². The van der Waals surface area contributed by atoms with Crippen molar-refractivity contribution < 1.29 is 28.5 Å². The van der Waals surface area contributed by atoms with E-state index in [0.29, 0.717) is 12.8 Å². The monoisotopic (exact) mass is 362 g/mol. The van der Waals surface area contributed by atoms with E-state index in [-0.39, 0.29) is 18.8 Å². The standard InChI is InChI=1S/C20H26O6/c1-5-23-19(22)16(12-11-15-9-7-6-8-10-15)25-18(21)14(2)17-13-24-20(3,4)26-17/h6-10,16-17H,2,5,11-13H2,1,3-4H3/t16-,17+/m0/s1. The number of esters is 2. The van der Waals surface area contributed by atoms with Crippen LogP contribution in [0.3, 0.4) is 0 Å². The molecule has 1 aliphatic rings. The normalized spacial score (nSPS) is 19.6. The van der Waals surface area contributed by atoms with Crippen LogP contribution in [0.25, 0.3) is 0 Å². The Morgan fingerprint density at radius 3 is 2.58 bits per heavy atom. The van der Waals surface area contributed by atoms with Crippen LogP contribution in [0.2, 0.25) is 0 Å². The largest absolute Gasteiger partial charge is 0.463 e. The van der Waals surface area contributed by atoms with Crippen molar-refractivity contribution in [2.75, 3.05) is 13.2 Å². The van der Waals surface area contributed by atoms with E-state index in [4.69, 9.17) is 18.9 Å². The van der Waals surface area contributed by atoms with Gasteiger partial charge in [-0.2, -0.15) is 0 Å². The first-order chi connectivity index (χ1) is 12.3. The van der Waals surface area contributed by atoms with Gasteiger partial charge < -0.3 is 18.9 Å². The molecule has 0 bridgehead atoms. The van der Waals surface area contributed by atoms with Crippen LogP contribution in [-0.4, -0.2) is 43.1 Å². The maximum atomic E-state index is 12.4. The van der Waals surface area contributed by atoms with Crippen molar-refractivity contribution in [3.63, 3.8) is 0 Å². The number of hydrogen-bond acceptors (Lipinski definition) is 6. The molecule has 0 unspecified atom stereocenters. The lowest BCUT2D eigenvalue weighted by Crippen LogP contribution is -2.33. The number of benzene rings is 1. The smallest absolute Gasteiger partial charge is 0.347 e. The maximum Gasteiger partial charge on any atom is 0.347 e. The van der Waals surface area contributed by atoms with E-state index in [0.717, 1.165) is 5.56 Å². The molecule has 142 valence electrons. The Balaban J connectivity index is 1.97. The fourth-order valence-corrected chi connectivity index (χ4v) is 2.60. The molecular weight excluding hydrogens is 336 g/mol. The third-order valence-corrected chi connectivity index (χ3v) is 4.00. The summed E-state index contributed by atoms with van der Waals surface area (Å²) in [5, 5.41) is 0. The van der Waals surface area contributed by atoms with Gasteiger partial charge in [0.25, 0.3) is 0 Å². The Morgan fingerprint density at radius 1 is 1.31 bits per heavy atom. The van der Waals surface area contributed by atoms with Gasteiger partial charge in [-0.25, -0.2) is 9.59 Å². The summed E-state index contributed by atoms with van der Waals surface area (Å²) in [6.45, 7) is 9.40. The molecule has 0 saturated carbocycles. The molecule has 2 rings (SSSR count). The van der Waals surface area contributed by atoms with Crippen molar-refractivity contribution in [3.8, 4) is 0 Å². The third-order valence-electron chi connectivity index (χ3n) is 4.00. The second-order valence-electron chi connectivity index (χ2n) is 6.51. The first-order valence-electron chi connectivity index (χ1n) is 8.74. The van der Waals surface area contributed by atoms with Gasteiger partial charge in [0.05, 0.1) is 18.8 Å². The summed E-state index contributed by atoms with van der Waals surface area (Å²) in [4.78, 5) is 24.6. The molecule has 6 heteroatoms. The molecule has 1 fully saturated rings. The summed E-state index contributed by atoms with van der Waals surface area (Å²) in [5.74, 6) is -2.02. The lowest BCUT2D eigenvalue weighted by Gasteiger charge is -2.20. The third kappa shape index (κ3) is 5.68. The Bertz CT molecular complexity index is 637. The second-order valence-corrected chi connectivity index (χ2v) is 6.51. The molecule has 0 N–H and O–H groups in total. The van der Waals surface area contributed by atoms with Crippen molar-refractivity contribution in [2.45, 2.75) is 51.6 Å². The van der Waals surface area contributed by atoms with Crippen LogP contribution in [0.15, 0.2) is 42.5 Å². The quantitative estimate of drug-likeness (QED) is 0.523. The zero-order chi connectivity index (χ0) is 19.2. The Kier molecular flexibility index (Phi) is 6.94. The zero-order valence-electron chi connectivity index (χ0n) is 15.5. The van der Waals surface area contributed by atoms with Crippen LogP contribution < -0.4 is 0 Å². The Labute approximate surface area is 154 Å². The zero-order valence-corrected chi connectivity index (χ0v) is 15.5. The van der Waals surface area contributed by atoms with Gasteiger partial charge in [-0.05, 0) is 39.2 Å². The topological polar surface area (TPSA) is 71.1 Å². The van der Waals surface area contributed by atoms with Crippen LogP contribution in [0, 0.1) is 0 Å². The van der Waals surface area contributed by atoms with E-state index in [9.17, 15) is 9.59 Å². The molecule has 0 radical (unpaired) electrons. The average molecular weight is 362 g/mol. The van der Waals surface area contributed by atoms with Gasteiger partial charge in [-0.1, -0.05) is 36.9 Å². The molecular formula is C20H26O6. The van der Waals surface area contributed by atoms with Gasteiger partial charge in [-0.3, -0.25) is 0 Å². The summed E-state index contributed by atoms with van der Waals surface area (Å²) >= 11 is 0. The molecule has 26 heavy (non-hydrogen) atoms. The van der Waals surface area contributed by atoms with Gasteiger partial charge in [0, 0.05) is 0 Å². The van der Waals surface area contributed by atoms with Gasteiger partial charge in [-0.15, -0.1) is 0 Å². The number of rotatable bonds is 8. The van der Waals surface area contributed by atoms with Gasteiger partial charge in [0.1, 0.15) is 6.10 Å². The molecule has 1 aromatic rings. The van der Waals surface area contributed by atoms with Crippen molar-refractivity contribution in [1.29, 1.82) is 0 Å². The highest BCUT2D eigenvalue weighted by molar-refractivity contribution is 5.91. The molecule has 0 spiro atoms. The van der Waals surface area contributed by atoms with Crippen LogP contribution in [0.4, 0.5) is 0 Å². The number of carbonyl (C=O) groups is 2. The molecule has 1 saturated heterocycles. The van der Waals surface area contributed by atoms with E-state index < -0.39 is 29.9 Å². The molecule has 2 atom stereocenters. The summed E-state index contributed by atoms with van der Waals surface area (Å²) in [7, 11) is 0. The first-order valence-corrected chi connectivity index (χ1v) is 8.74. The van der Waals surface area contributed by atoms with Gasteiger partial charge in [0.15, 0.2) is 11.9 Å². The maximum absolute atomic E-state index is 12.4. The van der Waals surface area contributed by atoms with Crippen molar-refractivity contribution >= 4 is 11.9 Å². The molecule has 1 aliphatic heterocycles. The molecule has 1 aromatic carbocycles. The summed E-state index contributed by atoms with van der Waals surface area (Å²) < 4.78 is 21.5. The lowest BCUT2D eigenvalue weighted by molar-refractivity contribution is -0.167. The summed E-state index contributed by atoms with van der Waals surface area (Å²) in [6, 6.07) is 9.66. The van der Waals surface area contributed by atoms with E-state index in [1.807, 2.05) is 30.3 Å². The van der Waals surface area contributed by atoms with Crippen LogP contribution >= 0.6 is 0 Å². The lowest BCUT2D eigenvalue weighted by atomic mass is 10.1. The number of carbonyl (C=O) groups excluding carboxylic acids is 2. The second kappa shape index (κ2) is 8.96. The molecule has 1 heterocycles. The minimum absolute atomic E-state index is 0.129. The molecule has 0 aliphatic carbocycles. The Hall–Kier alpha value is -2.18. The van der Waals surface area contributed by atoms with Crippen LogP contribution in [0.5, 0.6) is 0 Å². The van der Waals surface area contributed by atoms with E-state index in [1.165, 1.54) is 0 Å². The Morgan fingerprint density at radius 2 is 2.00 bits per heavy atom. The molecule has 0 aromatic heterocycles. The minimum Gasteiger partial charge on any atom is -0.463 e. The fraction of sp³-hybridized carbons (Fsp3) is 0.500. The van der Waals surface area contributed by atoms with E-state index in [2.05, 4.69) is 6.58 Å². The highest BCUT2D eigenvalue weighted by Gasteiger charge is 2.37. The number of hydrogen-bond donors (Lipinski definition) is 0. The first kappa shape index (κ1) is 20.1. The van der Waals surface area contributed by atoms with Crippen LogP contribution in [-0.2, 0) is 35.0 Å². The van der Waals surface area contributed by atoms with Gasteiger partial charge in [0.2, 0.25) is 0 Å². The van der Waals surface area contributed by atoms with Crippen molar-refractivity contribution in [1.82, 2.24) is 0 Å². The van der Waals surface area contributed by atoms with E-state index >= 15 is 0 Å². The summed E-state index contributed by atoms with van der Waals surface area (Å²) in [6.07, 6.45) is -0.667. The van der Waals surface area contributed by atoms with Crippen molar-refractivity contribution in [2.24, 2.45) is 0 Å². The summed E-state index contributed by atoms with van der Waals surface area (Å²) in [5.41, 5.74) is 1.18. The predicted molar refractivity (Wildman–Crippen MR) is 95.3 cm³/mol. The van der Waals surface area contributed by atoms with Crippen LogP contribution in [0.1, 0.15) is 32.8 Å². The van der Waals surface area contributed by atoms with E-state index in [1.54, 1.807) is 20.8 Å². The highest BCUT2D eigenvalue weighted by atomic mass is 16.7. The highest BCUT2D eigenvalue weighted by Crippen LogP contribution is 2.26. The predicted octanol–water partition coefficient (Wildman–Crippen LogP) is 2.80. The number of aryl methyl sites for hydroxylation is 1. The minimum atomic E-state index is -0.991. The molecule has 6 nitrogen and oxygen atoms in total. The average Bonchev–Trinajstić information content (AvgIpc) is 2.98. The van der Waals surface area contributed by atoms with Crippen molar-refractivity contribution in [3.05, 3.63) is 48.0 Å². The molecule has 0 amide bonds. The fourth-order valence-electron chi connectivity index (χ4n) is 2.60. The SMILES string of the molecule is C=C(C(=O)O[C@@H](CCc1ccccc1)C(=O)OCC)[C@H]1COC(C)(C)O1. The number of ether oxygens (including phenoxy) is 4.